The molecule has 3 N–H and O–H groups in total. The van der Waals surface area contributed by atoms with Gasteiger partial charge in [-0.25, -0.2) is 8.42 Å². The number of carbonyl (C=O) groups excluding carboxylic acids is 1. The molecular formula is C11H16N2O4S. The molecule has 0 unspecified atom stereocenters. The van der Waals surface area contributed by atoms with Crippen LogP contribution in [0.15, 0.2) is 24.3 Å². The quantitative estimate of drug-likeness (QED) is 0.688. The number of hydrogen-bond acceptors (Lipinski definition) is 4. The molecule has 1 amide bonds. The fraction of sp³-hybridized carbons (Fsp3) is 0.364. The summed E-state index contributed by atoms with van der Waals surface area (Å²) < 4.78 is 25.0. The van der Waals surface area contributed by atoms with E-state index >= 15 is 0 Å². The summed E-state index contributed by atoms with van der Waals surface area (Å²) in [4.78, 5) is 11.5. The minimum absolute atomic E-state index is 0.00820. The highest BCUT2D eigenvalue weighted by molar-refractivity contribution is 7.92. The number of benzene rings is 1. The SMILES string of the molecule is CCS(=O)(=O)Nc1ccc(C(=O)NCCO)cc1. The zero-order valence-corrected chi connectivity index (χ0v) is 10.8. The molecule has 0 atom stereocenters. The molecule has 7 heteroatoms. The first kappa shape index (κ1) is 14.5. The van der Waals surface area contributed by atoms with Gasteiger partial charge >= 0.3 is 0 Å². The van der Waals surface area contributed by atoms with Crippen molar-refractivity contribution < 1.29 is 18.3 Å². The van der Waals surface area contributed by atoms with E-state index in [9.17, 15) is 13.2 Å². The van der Waals surface area contributed by atoms with E-state index in [-0.39, 0.29) is 24.8 Å². The predicted octanol–water partition coefficient (Wildman–Crippen LogP) is 0.170. The largest absolute Gasteiger partial charge is 0.395 e. The summed E-state index contributed by atoms with van der Waals surface area (Å²) in [5, 5.41) is 11.1. The van der Waals surface area contributed by atoms with Gasteiger partial charge in [0, 0.05) is 17.8 Å². The van der Waals surface area contributed by atoms with Crippen LogP contribution < -0.4 is 10.0 Å². The van der Waals surface area contributed by atoms with Gasteiger partial charge in [0.25, 0.3) is 5.91 Å². The standard InChI is InChI=1S/C11H16N2O4S/c1-2-18(16,17)13-10-5-3-9(4-6-10)11(15)12-7-8-14/h3-6,13-14H,2,7-8H2,1H3,(H,12,15). The third-order valence-electron chi connectivity index (χ3n) is 2.20. The fourth-order valence-electron chi connectivity index (χ4n) is 1.21. The Morgan fingerprint density at radius 1 is 1.28 bits per heavy atom. The summed E-state index contributed by atoms with van der Waals surface area (Å²) in [7, 11) is -3.30. The van der Waals surface area contributed by atoms with Gasteiger partial charge in [0.1, 0.15) is 0 Å². The number of aliphatic hydroxyl groups excluding tert-OH is 1. The summed E-state index contributed by atoms with van der Waals surface area (Å²) in [5.41, 5.74) is 0.818. The Bertz CT molecular complexity index is 496. The van der Waals surface area contributed by atoms with Gasteiger partial charge in [0.05, 0.1) is 12.4 Å². The monoisotopic (exact) mass is 272 g/mol. The maximum atomic E-state index is 11.5. The molecule has 0 saturated carbocycles. The van der Waals surface area contributed by atoms with Crippen molar-refractivity contribution in [2.75, 3.05) is 23.6 Å². The fourth-order valence-corrected chi connectivity index (χ4v) is 1.85. The van der Waals surface area contributed by atoms with E-state index in [0.29, 0.717) is 11.3 Å². The maximum Gasteiger partial charge on any atom is 0.251 e. The van der Waals surface area contributed by atoms with Crippen molar-refractivity contribution in [2.45, 2.75) is 6.92 Å². The van der Waals surface area contributed by atoms with Crippen molar-refractivity contribution in [3.05, 3.63) is 29.8 Å². The van der Waals surface area contributed by atoms with E-state index < -0.39 is 10.0 Å². The number of carbonyl (C=O) groups is 1. The van der Waals surface area contributed by atoms with Crippen LogP contribution in [-0.2, 0) is 10.0 Å². The number of aliphatic hydroxyl groups is 1. The highest BCUT2D eigenvalue weighted by atomic mass is 32.2. The van der Waals surface area contributed by atoms with Crippen LogP contribution >= 0.6 is 0 Å². The average Bonchev–Trinajstić information content (AvgIpc) is 2.36. The predicted molar refractivity (Wildman–Crippen MR) is 68.9 cm³/mol. The van der Waals surface area contributed by atoms with Gasteiger partial charge in [0.2, 0.25) is 10.0 Å². The second kappa shape index (κ2) is 6.36. The first-order valence-electron chi connectivity index (χ1n) is 5.48. The van der Waals surface area contributed by atoms with Crippen LogP contribution in [0.1, 0.15) is 17.3 Å². The number of amides is 1. The lowest BCUT2D eigenvalue weighted by atomic mass is 10.2. The molecule has 0 radical (unpaired) electrons. The molecule has 0 bridgehead atoms. The highest BCUT2D eigenvalue weighted by Gasteiger charge is 2.08. The molecule has 1 aromatic rings. The van der Waals surface area contributed by atoms with Crippen molar-refractivity contribution in [3.8, 4) is 0 Å². The zero-order valence-electron chi connectivity index (χ0n) is 10.0. The molecule has 0 heterocycles. The Morgan fingerprint density at radius 3 is 2.39 bits per heavy atom. The van der Waals surface area contributed by atoms with Gasteiger partial charge in [-0.05, 0) is 31.2 Å². The second-order valence-electron chi connectivity index (χ2n) is 3.56. The van der Waals surface area contributed by atoms with Crippen LogP contribution in [0, 0.1) is 0 Å². The van der Waals surface area contributed by atoms with Crippen molar-refractivity contribution in [1.82, 2.24) is 5.32 Å². The lowest BCUT2D eigenvalue weighted by Gasteiger charge is -2.07. The van der Waals surface area contributed by atoms with E-state index in [1.54, 1.807) is 6.92 Å². The zero-order chi connectivity index (χ0) is 13.6. The summed E-state index contributed by atoms with van der Waals surface area (Å²) >= 11 is 0. The second-order valence-corrected chi connectivity index (χ2v) is 5.57. The molecular weight excluding hydrogens is 256 g/mol. The normalized spacial score (nSPS) is 11.0. The molecule has 100 valence electrons. The topological polar surface area (TPSA) is 95.5 Å². The minimum atomic E-state index is -3.30. The van der Waals surface area contributed by atoms with E-state index in [2.05, 4.69) is 10.0 Å². The minimum Gasteiger partial charge on any atom is -0.395 e. The third-order valence-corrected chi connectivity index (χ3v) is 3.50. The van der Waals surface area contributed by atoms with E-state index in [4.69, 9.17) is 5.11 Å². The summed E-state index contributed by atoms with van der Waals surface area (Å²) in [5.74, 6) is -0.319. The van der Waals surface area contributed by atoms with Crippen LogP contribution in [0.2, 0.25) is 0 Å². The smallest absolute Gasteiger partial charge is 0.251 e. The molecule has 1 rings (SSSR count). The molecule has 0 saturated heterocycles. The number of sulfonamides is 1. The molecule has 6 nitrogen and oxygen atoms in total. The third kappa shape index (κ3) is 4.34. The highest BCUT2D eigenvalue weighted by Crippen LogP contribution is 2.11. The van der Waals surface area contributed by atoms with Gasteiger partial charge in [0.15, 0.2) is 0 Å². The van der Waals surface area contributed by atoms with E-state index in [1.807, 2.05) is 0 Å². The van der Waals surface area contributed by atoms with Crippen molar-refractivity contribution in [1.29, 1.82) is 0 Å². The van der Waals surface area contributed by atoms with Crippen molar-refractivity contribution in [2.24, 2.45) is 0 Å². The molecule has 0 aliphatic rings. The van der Waals surface area contributed by atoms with E-state index in [1.165, 1.54) is 24.3 Å². The van der Waals surface area contributed by atoms with Gasteiger partial charge in [-0.2, -0.15) is 0 Å². The van der Waals surface area contributed by atoms with Gasteiger partial charge in [-0.1, -0.05) is 0 Å². The van der Waals surface area contributed by atoms with Crippen molar-refractivity contribution in [3.63, 3.8) is 0 Å². The maximum absolute atomic E-state index is 11.5. The molecule has 0 aromatic heterocycles. The van der Waals surface area contributed by atoms with E-state index in [0.717, 1.165) is 0 Å². The number of nitrogens with one attached hydrogen (secondary N) is 2. The summed E-state index contributed by atoms with van der Waals surface area (Å²) in [6.07, 6.45) is 0. The van der Waals surface area contributed by atoms with Crippen LogP contribution in [-0.4, -0.2) is 38.3 Å². The Morgan fingerprint density at radius 2 is 1.89 bits per heavy atom. The molecule has 0 fully saturated rings. The Hall–Kier alpha value is -1.60. The molecule has 1 aromatic carbocycles. The molecule has 0 spiro atoms. The molecule has 0 aliphatic heterocycles. The van der Waals surface area contributed by atoms with Gasteiger partial charge in [-0.3, -0.25) is 9.52 Å². The summed E-state index contributed by atoms with van der Waals surface area (Å²) in [6.45, 7) is 1.60. The van der Waals surface area contributed by atoms with Gasteiger partial charge in [-0.15, -0.1) is 0 Å². The van der Waals surface area contributed by atoms with Gasteiger partial charge < -0.3 is 10.4 Å². The van der Waals surface area contributed by atoms with Crippen LogP contribution in [0.3, 0.4) is 0 Å². The summed E-state index contributed by atoms with van der Waals surface area (Å²) in [6, 6.07) is 6.06. The number of hydrogen-bond donors (Lipinski definition) is 3. The first-order chi connectivity index (χ1) is 8.48. The first-order valence-corrected chi connectivity index (χ1v) is 7.13. The molecule has 0 aliphatic carbocycles. The Labute approximate surface area is 106 Å². The Kier molecular flexibility index (Phi) is 5.11. The Balaban J connectivity index is 2.71. The average molecular weight is 272 g/mol. The molecule has 18 heavy (non-hydrogen) atoms. The van der Waals surface area contributed by atoms with Crippen molar-refractivity contribution >= 4 is 21.6 Å². The lowest BCUT2D eigenvalue weighted by molar-refractivity contribution is 0.0945. The lowest BCUT2D eigenvalue weighted by Crippen LogP contribution is -2.26. The number of rotatable bonds is 6. The number of anilines is 1. The van der Waals surface area contributed by atoms with Crippen LogP contribution in [0.25, 0.3) is 0 Å². The van der Waals surface area contributed by atoms with Crippen LogP contribution in [0.4, 0.5) is 5.69 Å². The van der Waals surface area contributed by atoms with Crippen LogP contribution in [0.5, 0.6) is 0 Å².